The minimum atomic E-state index is -4.84. The van der Waals surface area contributed by atoms with Crippen molar-refractivity contribution in [1.82, 2.24) is 0 Å². The van der Waals surface area contributed by atoms with Crippen molar-refractivity contribution in [1.29, 1.82) is 0 Å². The maximum absolute atomic E-state index is 12.5. The molecule has 5 nitrogen and oxygen atoms in total. The Balaban J connectivity index is 0.000000214. The SMILES string of the molecule is O=S(=O)([O-])c1ccc(F)cc1F.O=c1ccc2ccc([S+](c3ccccc3)c3ccccc3)cc2o1. The van der Waals surface area contributed by atoms with Crippen molar-refractivity contribution in [2.75, 3.05) is 0 Å². The first kappa shape index (κ1) is 25.3. The summed E-state index contributed by atoms with van der Waals surface area (Å²) in [4.78, 5) is 14.1. The summed E-state index contributed by atoms with van der Waals surface area (Å²) in [6.45, 7) is 0. The molecule has 0 amide bonds. The zero-order chi connectivity index (χ0) is 25.7. The van der Waals surface area contributed by atoms with Gasteiger partial charge in [-0.15, -0.1) is 0 Å². The first-order chi connectivity index (χ1) is 17.2. The second-order valence-corrected chi connectivity index (χ2v) is 10.8. The van der Waals surface area contributed by atoms with Gasteiger partial charge in [-0.05, 0) is 54.6 Å². The first-order valence-electron chi connectivity index (χ1n) is 10.5. The van der Waals surface area contributed by atoms with E-state index < -0.39 is 26.6 Å². The van der Waals surface area contributed by atoms with E-state index in [0.717, 1.165) is 10.3 Å². The molecule has 0 fully saturated rings. The molecule has 0 radical (unpaired) electrons. The van der Waals surface area contributed by atoms with Crippen molar-refractivity contribution in [2.24, 2.45) is 0 Å². The Hall–Kier alpha value is -3.79. The summed E-state index contributed by atoms with van der Waals surface area (Å²) < 4.78 is 60.8. The highest BCUT2D eigenvalue weighted by molar-refractivity contribution is 7.97. The van der Waals surface area contributed by atoms with E-state index in [2.05, 4.69) is 54.6 Å². The van der Waals surface area contributed by atoms with Gasteiger partial charge < -0.3 is 8.97 Å². The minimum absolute atomic E-state index is 0.239. The first-order valence-corrected chi connectivity index (χ1v) is 13.1. The van der Waals surface area contributed by atoms with Crippen LogP contribution in [-0.4, -0.2) is 13.0 Å². The van der Waals surface area contributed by atoms with Crippen LogP contribution in [0.4, 0.5) is 8.78 Å². The van der Waals surface area contributed by atoms with E-state index in [-0.39, 0.29) is 16.5 Å². The van der Waals surface area contributed by atoms with Crippen molar-refractivity contribution in [3.63, 3.8) is 0 Å². The zero-order valence-corrected chi connectivity index (χ0v) is 20.1. The van der Waals surface area contributed by atoms with Crippen molar-refractivity contribution in [2.45, 2.75) is 19.6 Å². The molecule has 9 heteroatoms. The lowest BCUT2D eigenvalue weighted by Crippen LogP contribution is -2.05. The van der Waals surface area contributed by atoms with E-state index in [1.54, 1.807) is 6.07 Å². The number of hydrogen-bond acceptors (Lipinski definition) is 5. The standard InChI is InChI=1S/C21H15O2S.C6H4F2O3S/c22-21-14-12-16-11-13-19(15-20(16)23-21)24(17-7-3-1-4-8-17)18-9-5-2-6-10-18;7-4-1-2-6(5(8)3-4)12(9,10)11/h1-15H;1-3H,(H,9,10,11)/q+1;/p-1. The molecule has 0 aliphatic rings. The fourth-order valence-electron chi connectivity index (χ4n) is 3.37. The van der Waals surface area contributed by atoms with Crippen molar-refractivity contribution >= 4 is 32.0 Å². The normalized spacial score (nSPS) is 11.2. The summed E-state index contributed by atoms with van der Waals surface area (Å²) in [5.41, 5.74) is 0.309. The lowest BCUT2D eigenvalue weighted by atomic mass is 10.2. The van der Waals surface area contributed by atoms with E-state index in [0.29, 0.717) is 23.8 Å². The molecule has 0 aliphatic heterocycles. The highest BCUT2D eigenvalue weighted by Crippen LogP contribution is 2.32. The molecule has 0 spiro atoms. The molecule has 5 aromatic rings. The van der Waals surface area contributed by atoms with Crippen LogP contribution < -0.4 is 5.63 Å². The molecule has 0 unspecified atom stereocenters. The van der Waals surface area contributed by atoms with Gasteiger partial charge in [0.25, 0.3) is 0 Å². The Kier molecular flexibility index (Phi) is 7.64. The van der Waals surface area contributed by atoms with Gasteiger partial charge in [-0.25, -0.2) is 22.0 Å². The highest BCUT2D eigenvalue weighted by atomic mass is 32.2. The van der Waals surface area contributed by atoms with Gasteiger partial charge in [0.15, 0.2) is 14.7 Å². The summed E-state index contributed by atoms with van der Waals surface area (Å²) in [5.74, 6) is -2.30. The van der Waals surface area contributed by atoms with Gasteiger partial charge in [0.05, 0.1) is 15.8 Å². The fourth-order valence-corrected chi connectivity index (χ4v) is 6.00. The molecule has 0 bridgehead atoms. The van der Waals surface area contributed by atoms with Crippen LogP contribution in [0.25, 0.3) is 11.0 Å². The van der Waals surface area contributed by atoms with Crippen molar-refractivity contribution < 1.29 is 26.2 Å². The van der Waals surface area contributed by atoms with Crippen LogP contribution in [0.1, 0.15) is 0 Å². The van der Waals surface area contributed by atoms with Crippen LogP contribution in [0.3, 0.4) is 0 Å². The second-order valence-electron chi connectivity index (χ2n) is 7.42. The summed E-state index contributed by atoms with van der Waals surface area (Å²) in [7, 11) is -5.08. The molecular formula is C27H18F2O5S2. The van der Waals surface area contributed by atoms with Crippen LogP contribution in [0.5, 0.6) is 0 Å². The highest BCUT2D eigenvalue weighted by Gasteiger charge is 2.28. The number of benzene rings is 4. The van der Waals surface area contributed by atoms with Gasteiger partial charge in [0.1, 0.15) is 27.3 Å². The Labute approximate surface area is 208 Å². The van der Waals surface area contributed by atoms with Gasteiger partial charge in [-0.3, -0.25) is 0 Å². The molecule has 0 atom stereocenters. The average Bonchev–Trinajstić information content (AvgIpc) is 2.85. The zero-order valence-electron chi connectivity index (χ0n) is 18.5. The summed E-state index contributed by atoms with van der Waals surface area (Å²) >= 11 is 0. The number of fused-ring (bicyclic) bond motifs is 1. The molecule has 4 aromatic carbocycles. The van der Waals surface area contributed by atoms with Crippen LogP contribution in [0, 0.1) is 11.6 Å². The molecule has 36 heavy (non-hydrogen) atoms. The minimum Gasteiger partial charge on any atom is -0.744 e. The monoisotopic (exact) mass is 524 g/mol. The van der Waals surface area contributed by atoms with E-state index in [1.165, 1.54) is 15.9 Å². The molecule has 1 aromatic heterocycles. The van der Waals surface area contributed by atoms with Crippen molar-refractivity contribution in [3.8, 4) is 0 Å². The van der Waals surface area contributed by atoms with E-state index >= 15 is 0 Å². The molecule has 0 saturated carbocycles. The van der Waals surface area contributed by atoms with E-state index in [4.69, 9.17) is 4.42 Å². The Bertz CT molecular complexity index is 1620. The number of halogens is 2. The largest absolute Gasteiger partial charge is 0.744 e. The predicted molar refractivity (Wildman–Crippen MR) is 132 cm³/mol. The third-order valence-corrected chi connectivity index (χ3v) is 8.03. The predicted octanol–water partition coefficient (Wildman–Crippen LogP) is 5.76. The molecule has 0 N–H and O–H groups in total. The van der Waals surface area contributed by atoms with Gasteiger partial charge in [0, 0.05) is 23.6 Å². The number of rotatable bonds is 4. The van der Waals surface area contributed by atoms with Crippen LogP contribution in [-0.2, 0) is 21.0 Å². The smallest absolute Gasteiger partial charge is 0.336 e. The molecule has 182 valence electrons. The van der Waals surface area contributed by atoms with Crippen LogP contribution in [0.15, 0.2) is 138 Å². The Morgan fingerprint density at radius 3 is 1.83 bits per heavy atom. The lowest BCUT2D eigenvalue weighted by Gasteiger charge is -2.08. The second kappa shape index (κ2) is 10.9. The fraction of sp³-hybridized carbons (Fsp3) is 0. The summed E-state index contributed by atoms with van der Waals surface area (Å²) in [6, 6.07) is 31.8. The topological polar surface area (TPSA) is 87.4 Å². The summed E-state index contributed by atoms with van der Waals surface area (Å²) in [6.07, 6.45) is 0. The molecule has 1 heterocycles. The summed E-state index contributed by atoms with van der Waals surface area (Å²) in [5, 5.41) is 0.933. The van der Waals surface area contributed by atoms with Gasteiger partial charge in [-0.2, -0.15) is 0 Å². The maximum atomic E-state index is 12.5. The maximum Gasteiger partial charge on any atom is 0.336 e. The molecule has 0 saturated heterocycles. The Morgan fingerprint density at radius 2 is 1.28 bits per heavy atom. The Morgan fingerprint density at radius 1 is 0.694 bits per heavy atom. The third-order valence-electron chi connectivity index (χ3n) is 4.95. The molecule has 0 aliphatic carbocycles. The number of hydrogen-bond donors (Lipinski definition) is 0. The van der Waals surface area contributed by atoms with Gasteiger partial charge in [-0.1, -0.05) is 36.4 Å². The van der Waals surface area contributed by atoms with Gasteiger partial charge >= 0.3 is 5.63 Å². The van der Waals surface area contributed by atoms with Crippen LogP contribution in [0.2, 0.25) is 0 Å². The quantitative estimate of drug-likeness (QED) is 0.170. The van der Waals surface area contributed by atoms with Crippen LogP contribution >= 0.6 is 0 Å². The average molecular weight is 525 g/mol. The molecule has 5 rings (SSSR count). The van der Waals surface area contributed by atoms with E-state index in [9.17, 15) is 26.5 Å². The van der Waals surface area contributed by atoms with E-state index in [1.807, 2.05) is 24.3 Å². The van der Waals surface area contributed by atoms with Crippen molar-refractivity contribution in [3.05, 3.63) is 131 Å². The molecular weight excluding hydrogens is 506 g/mol. The lowest BCUT2D eigenvalue weighted by molar-refractivity contribution is 0.453. The third kappa shape index (κ3) is 6.06. The van der Waals surface area contributed by atoms with Gasteiger partial charge in [0.2, 0.25) is 0 Å².